The normalized spacial score (nSPS) is 10.4. The topological polar surface area (TPSA) is 72.4 Å². The first-order valence-corrected chi connectivity index (χ1v) is 9.15. The van der Waals surface area contributed by atoms with Crippen molar-refractivity contribution in [3.05, 3.63) is 88.5 Å². The second-order valence-electron chi connectivity index (χ2n) is 6.25. The number of hydrogen-bond acceptors (Lipinski definition) is 3. The number of amides is 2. The number of aromatic nitrogens is 1. The third kappa shape index (κ3) is 5.36. The average Bonchev–Trinajstić information content (AvgIpc) is 3.13. The van der Waals surface area contributed by atoms with Gasteiger partial charge in [-0.1, -0.05) is 23.7 Å². The van der Waals surface area contributed by atoms with E-state index in [-0.39, 0.29) is 23.6 Å². The zero-order valence-electron chi connectivity index (χ0n) is 15.6. The van der Waals surface area contributed by atoms with E-state index in [1.165, 1.54) is 37.4 Å². The van der Waals surface area contributed by atoms with E-state index in [1.54, 1.807) is 6.07 Å². The third-order valence-electron chi connectivity index (χ3n) is 4.23. The molecular formula is C21H19ClFN3O3. The van der Waals surface area contributed by atoms with Gasteiger partial charge < -0.3 is 19.9 Å². The quantitative estimate of drug-likeness (QED) is 0.585. The third-order valence-corrected chi connectivity index (χ3v) is 4.47. The largest absolute Gasteiger partial charge is 0.465 e. The van der Waals surface area contributed by atoms with Crippen molar-refractivity contribution in [1.29, 1.82) is 0 Å². The summed E-state index contributed by atoms with van der Waals surface area (Å²) in [5.41, 5.74) is 2.09. The van der Waals surface area contributed by atoms with Crippen molar-refractivity contribution in [2.24, 2.45) is 0 Å². The van der Waals surface area contributed by atoms with Crippen molar-refractivity contribution in [2.45, 2.75) is 13.1 Å². The maximum atomic E-state index is 13.4. The lowest BCUT2D eigenvalue weighted by Crippen LogP contribution is -2.29. The minimum Gasteiger partial charge on any atom is -0.465 e. The molecule has 3 rings (SSSR count). The Labute approximate surface area is 172 Å². The summed E-state index contributed by atoms with van der Waals surface area (Å²) in [5, 5.41) is 5.72. The number of urea groups is 1. The monoisotopic (exact) mass is 415 g/mol. The van der Waals surface area contributed by atoms with Crippen LogP contribution in [0.5, 0.6) is 0 Å². The number of rotatable bonds is 6. The number of methoxy groups -OCH3 is 1. The number of carbonyl (C=O) groups excluding carboxylic acids is 2. The van der Waals surface area contributed by atoms with Crippen molar-refractivity contribution in [2.75, 3.05) is 12.4 Å². The van der Waals surface area contributed by atoms with E-state index in [9.17, 15) is 14.0 Å². The Hall–Kier alpha value is -3.32. The van der Waals surface area contributed by atoms with Crippen LogP contribution in [0.15, 0.2) is 60.8 Å². The molecule has 6 nitrogen and oxygen atoms in total. The fourth-order valence-corrected chi connectivity index (χ4v) is 3.01. The van der Waals surface area contributed by atoms with E-state index in [0.29, 0.717) is 11.6 Å². The SMILES string of the molecule is COC(=O)c1ccc(Cl)cc1NC(=O)NCc1cccn1Cc1cccc(F)c1. The van der Waals surface area contributed by atoms with E-state index in [2.05, 4.69) is 10.6 Å². The van der Waals surface area contributed by atoms with Crippen LogP contribution < -0.4 is 10.6 Å². The molecule has 3 aromatic rings. The molecule has 0 saturated heterocycles. The lowest BCUT2D eigenvalue weighted by Gasteiger charge is -2.13. The zero-order valence-corrected chi connectivity index (χ0v) is 16.4. The van der Waals surface area contributed by atoms with Crippen molar-refractivity contribution >= 4 is 29.3 Å². The van der Waals surface area contributed by atoms with Crippen molar-refractivity contribution in [3.63, 3.8) is 0 Å². The standard InChI is InChI=1S/C21H19ClFN3O3/c1-29-20(27)18-8-7-15(22)11-19(18)25-21(28)24-12-17-6-3-9-26(17)13-14-4-2-5-16(23)10-14/h2-11H,12-13H2,1H3,(H2,24,25,28). The molecule has 0 bridgehead atoms. The van der Waals surface area contributed by atoms with Crippen LogP contribution >= 0.6 is 11.6 Å². The summed E-state index contributed by atoms with van der Waals surface area (Å²) < 4.78 is 20.0. The Kier molecular flexibility index (Phi) is 6.51. The molecule has 2 aromatic carbocycles. The lowest BCUT2D eigenvalue weighted by molar-refractivity contribution is 0.0602. The molecule has 8 heteroatoms. The van der Waals surface area contributed by atoms with Gasteiger partial charge in [-0.05, 0) is 48.0 Å². The van der Waals surface area contributed by atoms with Crippen LogP contribution in [0.25, 0.3) is 0 Å². The molecular weight excluding hydrogens is 397 g/mol. The molecule has 29 heavy (non-hydrogen) atoms. The number of carbonyl (C=O) groups is 2. The Morgan fingerprint density at radius 1 is 1.14 bits per heavy atom. The zero-order chi connectivity index (χ0) is 20.8. The summed E-state index contributed by atoms with van der Waals surface area (Å²) in [4.78, 5) is 24.2. The molecule has 0 spiro atoms. The van der Waals surface area contributed by atoms with Gasteiger partial charge in [-0.3, -0.25) is 0 Å². The van der Waals surface area contributed by atoms with Gasteiger partial charge in [0.05, 0.1) is 24.9 Å². The van der Waals surface area contributed by atoms with Crippen LogP contribution in [-0.4, -0.2) is 23.7 Å². The number of halogens is 2. The highest BCUT2D eigenvalue weighted by Crippen LogP contribution is 2.22. The number of benzene rings is 2. The molecule has 1 aromatic heterocycles. The summed E-state index contributed by atoms with van der Waals surface area (Å²) in [6.45, 7) is 0.715. The van der Waals surface area contributed by atoms with Crippen molar-refractivity contribution in [3.8, 4) is 0 Å². The predicted molar refractivity (Wildman–Crippen MR) is 109 cm³/mol. The highest BCUT2D eigenvalue weighted by Gasteiger charge is 2.14. The Balaban J connectivity index is 1.65. The number of nitrogens with one attached hydrogen (secondary N) is 2. The maximum Gasteiger partial charge on any atom is 0.339 e. The van der Waals surface area contributed by atoms with E-state index in [1.807, 2.05) is 29.0 Å². The van der Waals surface area contributed by atoms with Gasteiger partial charge in [-0.15, -0.1) is 0 Å². The highest BCUT2D eigenvalue weighted by molar-refractivity contribution is 6.31. The number of anilines is 1. The van der Waals surface area contributed by atoms with Gasteiger partial charge in [0.15, 0.2) is 0 Å². The van der Waals surface area contributed by atoms with E-state index in [0.717, 1.165) is 11.3 Å². The molecule has 2 amide bonds. The van der Waals surface area contributed by atoms with Gasteiger partial charge in [0, 0.05) is 23.5 Å². The van der Waals surface area contributed by atoms with Crippen LogP contribution in [0.1, 0.15) is 21.6 Å². The van der Waals surface area contributed by atoms with E-state index < -0.39 is 12.0 Å². The Bertz CT molecular complexity index is 1040. The van der Waals surface area contributed by atoms with Crippen molar-refractivity contribution in [1.82, 2.24) is 9.88 Å². The number of ether oxygens (including phenoxy) is 1. The maximum absolute atomic E-state index is 13.4. The fourth-order valence-electron chi connectivity index (χ4n) is 2.84. The van der Waals surface area contributed by atoms with Gasteiger partial charge in [0.25, 0.3) is 0 Å². The second kappa shape index (κ2) is 9.25. The molecule has 0 unspecified atom stereocenters. The summed E-state index contributed by atoms with van der Waals surface area (Å²) in [6.07, 6.45) is 1.85. The first-order valence-electron chi connectivity index (χ1n) is 8.77. The molecule has 0 fully saturated rings. The second-order valence-corrected chi connectivity index (χ2v) is 6.68. The smallest absolute Gasteiger partial charge is 0.339 e. The molecule has 0 atom stereocenters. The minimum atomic E-state index is -0.582. The van der Waals surface area contributed by atoms with Crippen LogP contribution in [0.3, 0.4) is 0 Å². The fraction of sp³-hybridized carbons (Fsp3) is 0.143. The van der Waals surface area contributed by atoms with Crippen LogP contribution in [0.4, 0.5) is 14.9 Å². The molecule has 0 aliphatic rings. The first-order chi connectivity index (χ1) is 14.0. The predicted octanol–water partition coefficient (Wildman–Crippen LogP) is 4.44. The van der Waals surface area contributed by atoms with Crippen LogP contribution in [0, 0.1) is 5.82 Å². The average molecular weight is 416 g/mol. The van der Waals surface area contributed by atoms with Crippen LogP contribution in [-0.2, 0) is 17.8 Å². The van der Waals surface area contributed by atoms with Gasteiger partial charge in [-0.2, -0.15) is 0 Å². The van der Waals surface area contributed by atoms with Gasteiger partial charge in [0.1, 0.15) is 5.82 Å². The Morgan fingerprint density at radius 2 is 1.97 bits per heavy atom. The molecule has 0 radical (unpaired) electrons. The highest BCUT2D eigenvalue weighted by atomic mass is 35.5. The van der Waals surface area contributed by atoms with E-state index in [4.69, 9.17) is 16.3 Å². The molecule has 1 heterocycles. The molecule has 0 aliphatic carbocycles. The first kappa shape index (κ1) is 20.4. The Morgan fingerprint density at radius 3 is 2.72 bits per heavy atom. The number of hydrogen-bond donors (Lipinski definition) is 2. The van der Waals surface area contributed by atoms with Crippen molar-refractivity contribution < 1.29 is 18.7 Å². The molecule has 150 valence electrons. The number of esters is 1. The van der Waals surface area contributed by atoms with Gasteiger partial charge in [-0.25, -0.2) is 14.0 Å². The minimum absolute atomic E-state index is 0.196. The number of nitrogens with zero attached hydrogens (tertiary/aromatic N) is 1. The summed E-state index contributed by atoms with van der Waals surface area (Å²) >= 11 is 5.96. The van der Waals surface area contributed by atoms with Gasteiger partial charge >= 0.3 is 12.0 Å². The molecule has 2 N–H and O–H groups in total. The molecule has 0 saturated carbocycles. The van der Waals surface area contributed by atoms with Crippen LogP contribution in [0.2, 0.25) is 5.02 Å². The lowest BCUT2D eigenvalue weighted by atomic mass is 10.2. The summed E-state index contributed by atoms with van der Waals surface area (Å²) in [5.74, 6) is -0.877. The summed E-state index contributed by atoms with van der Waals surface area (Å²) in [6, 6.07) is 14.0. The van der Waals surface area contributed by atoms with Gasteiger partial charge in [0.2, 0.25) is 0 Å². The molecule has 0 aliphatic heterocycles. The summed E-state index contributed by atoms with van der Waals surface area (Å²) in [7, 11) is 1.26. The van der Waals surface area contributed by atoms with E-state index >= 15 is 0 Å².